The van der Waals surface area contributed by atoms with Crippen molar-refractivity contribution in [3.8, 4) is 0 Å². The van der Waals surface area contributed by atoms with Crippen LogP contribution in [0.15, 0.2) is 5.38 Å². The summed E-state index contributed by atoms with van der Waals surface area (Å²) in [6.45, 7) is 0. The molecule has 2 rings (SSSR count). The van der Waals surface area contributed by atoms with Crippen LogP contribution in [0.2, 0.25) is 0 Å². The normalized spacial score (nSPS) is 20.1. The number of aromatic nitrogens is 1. The third kappa shape index (κ3) is 3.29. The third-order valence-electron chi connectivity index (χ3n) is 3.58. The van der Waals surface area contributed by atoms with Crippen LogP contribution < -0.4 is 5.73 Å². The van der Waals surface area contributed by atoms with E-state index in [1.807, 2.05) is 0 Å². The van der Waals surface area contributed by atoms with Crippen LogP contribution >= 0.6 is 11.3 Å². The first-order chi connectivity index (χ1) is 8.68. The zero-order valence-electron chi connectivity index (χ0n) is 10.5. The molecule has 0 spiro atoms. The average molecular weight is 268 g/mol. The molecule has 0 bridgehead atoms. The summed E-state index contributed by atoms with van der Waals surface area (Å²) >= 11 is 1.56. The van der Waals surface area contributed by atoms with Gasteiger partial charge in [-0.15, -0.1) is 11.3 Å². The highest BCUT2D eigenvalue weighted by molar-refractivity contribution is 7.09. The SMILES string of the molecule is NC(C(=O)O)c1csc(C2CCCCCCC2)n1. The van der Waals surface area contributed by atoms with Crippen molar-refractivity contribution in [1.29, 1.82) is 0 Å². The lowest BCUT2D eigenvalue weighted by molar-refractivity contribution is -0.138. The fourth-order valence-electron chi connectivity index (χ4n) is 2.46. The number of hydrogen-bond donors (Lipinski definition) is 2. The summed E-state index contributed by atoms with van der Waals surface area (Å²) < 4.78 is 0. The van der Waals surface area contributed by atoms with Gasteiger partial charge in [0.2, 0.25) is 0 Å². The standard InChI is InChI=1S/C13H20N2O2S/c14-11(13(16)17)10-8-18-12(15-10)9-6-4-2-1-3-5-7-9/h8-9,11H,1-7,14H2,(H,16,17). The lowest BCUT2D eigenvalue weighted by atomic mass is 9.92. The smallest absolute Gasteiger partial charge is 0.326 e. The van der Waals surface area contributed by atoms with E-state index in [1.54, 1.807) is 16.7 Å². The highest BCUT2D eigenvalue weighted by atomic mass is 32.1. The van der Waals surface area contributed by atoms with Crippen molar-refractivity contribution >= 4 is 17.3 Å². The highest BCUT2D eigenvalue weighted by Gasteiger charge is 2.21. The molecule has 1 unspecified atom stereocenters. The Morgan fingerprint density at radius 2 is 1.94 bits per heavy atom. The van der Waals surface area contributed by atoms with E-state index in [9.17, 15) is 4.79 Å². The van der Waals surface area contributed by atoms with Gasteiger partial charge in [-0.3, -0.25) is 4.79 Å². The predicted octanol–water partition coefficient (Wildman–Crippen LogP) is 3.06. The van der Waals surface area contributed by atoms with Crippen LogP contribution in [0.4, 0.5) is 0 Å². The van der Waals surface area contributed by atoms with Gasteiger partial charge in [0.25, 0.3) is 0 Å². The van der Waals surface area contributed by atoms with E-state index in [0.717, 1.165) is 5.01 Å². The Hall–Kier alpha value is -0.940. The summed E-state index contributed by atoms with van der Waals surface area (Å²) in [5.41, 5.74) is 6.09. The minimum absolute atomic E-state index is 0.504. The molecule has 0 radical (unpaired) electrons. The zero-order chi connectivity index (χ0) is 13.0. The quantitative estimate of drug-likeness (QED) is 0.883. The predicted molar refractivity (Wildman–Crippen MR) is 71.7 cm³/mol. The molecule has 18 heavy (non-hydrogen) atoms. The van der Waals surface area contributed by atoms with Crippen molar-refractivity contribution in [3.63, 3.8) is 0 Å². The number of carbonyl (C=O) groups is 1. The van der Waals surface area contributed by atoms with Crippen molar-refractivity contribution in [3.05, 3.63) is 16.1 Å². The summed E-state index contributed by atoms with van der Waals surface area (Å²) in [6, 6.07) is -0.983. The molecule has 1 fully saturated rings. The molecule has 1 atom stereocenters. The Labute approximate surface area is 111 Å². The van der Waals surface area contributed by atoms with E-state index in [2.05, 4.69) is 4.98 Å². The number of aliphatic carboxylic acids is 1. The second-order valence-electron chi connectivity index (χ2n) is 4.97. The van der Waals surface area contributed by atoms with Crippen LogP contribution in [0.3, 0.4) is 0 Å². The molecule has 1 aliphatic rings. The van der Waals surface area contributed by atoms with E-state index in [0.29, 0.717) is 11.6 Å². The van der Waals surface area contributed by atoms with Crippen molar-refractivity contribution in [2.75, 3.05) is 0 Å². The van der Waals surface area contributed by atoms with Crippen LogP contribution in [-0.2, 0) is 4.79 Å². The molecule has 1 saturated carbocycles. The maximum Gasteiger partial charge on any atom is 0.326 e. The molecule has 3 N–H and O–H groups in total. The fourth-order valence-corrected chi connectivity index (χ4v) is 3.49. The van der Waals surface area contributed by atoms with E-state index >= 15 is 0 Å². The molecule has 100 valence electrons. The van der Waals surface area contributed by atoms with Gasteiger partial charge >= 0.3 is 5.97 Å². The average Bonchev–Trinajstić information content (AvgIpc) is 2.76. The van der Waals surface area contributed by atoms with Gasteiger partial charge in [0.15, 0.2) is 0 Å². The minimum Gasteiger partial charge on any atom is -0.480 e. The molecule has 0 amide bonds. The molecular formula is C13H20N2O2S. The Morgan fingerprint density at radius 3 is 2.56 bits per heavy atom. The molecule has 1 aliphatic carbocycles. The van der Waals surface area contributed by atoms with E-state index < -0.39 is 12.0 Å². The van der Waals surface area contributed by atoms with Gasteiger partial charge in [0, 0.05) is 11.3 Å². The molecule has 0 saturated heterocycles. The monoisotopic (exact) mass is 268 g/mol. The van der Waals surface area contributed by atoms with Crippen LogP contribution in [0.1, 0.15) is 67.6 Å². The van der Waals surface area contributed by atoms with Gasteiger partial charge in [-0.1, -0.05) is 32.1 Å². The van der Waals surface area contributed by atoms with E-state index in [4.69, 9.17) is 10.8 Å². The first kappa shape index (κ1) is 13.5. The van der Waals surface area contributed by atoms with Gasteiger partial charge in [-0.2, -0.15) is 0 Å². The molecule has 1 aromatic heterocycles. The lowest BCUT2D eigenvalue weighted by Crippen LogP contribution is -2.21. The van der Waals surface area contributed by atoms with Crippen molar-refractivity contribution in [1.82, 2.24) is 4.98 Å². The van der Waals surface area contributed by atoms with Crippen molar-refractivity contribution in [2.24, 2.45) is 5.73 Å². The van der Waals surface area contributed by atoms with Crippen LogP contribution in [0.25, 0.3) is 0 Å². The van der Waals surface area contributed by atoms with E-state index in [1.165, 1.54) is 44.9 Å². The number of thiazole rings is 1. The highest BCUT2D eigenvalue weighted by Crippen LogP contribution is 2.33. The second-order valence-corrected chi connectivity index (χ2v) is 5.86. The minimum atomic E-state index is -1.01. The molecule has 4 nitrogen and oxygen atoms in total. The lowest BCUT2D eigenvalue weighted by Gasteiger charge is -2.17. The molecule has 0 aliphatic heterocycles. The second kappa shape index (κ2) is 6.29. The number of nitrogens with zero attached hydrogens (tertiary/aromatic N) is 1. The molecule has 5 heteroatoms. The first-order valence-electron chi connectivity index (χ1n) is 6.62. The van der Waals surface area contributed by atoms with Crippen molar-refractivity contribution in [2.45, 2.75) is 56.9 Å². The van der Waals surface area contributed by atoms with Gasteiger partial charge in [-0.05, 0) is 12.8 Å². The summed E-state index contributed by atoms with van der Waals surface area (Å²) in [6.07, 6.45) is 8.83. The maximum absolute atomic E-state index is 10.8. The largest absolute Gasteiger partial charge is 0.480 e. The molecule has 0 aromatic carbocycles. The Bertz CT molecular complexity index is 397. The maximum atomic E-state index is 10.8. The molecular weight excluding hydrogens is 248 g/mol. The summed E-state index contributed by atoms with van der Waals surface area (Å²) in [5.74, 6) is -0.505. The van der Waals surface area contributed by atoms with Crippen LogP contribution in [-0.4, -0.2) is 16.1 Å². The topological polar surface area (TPSA) is 76.2 Å². The van der Waals surface area contributed by atoms with Gasteiger partial charge in [-0.25, -0.2) is 4.98 Å². The molecule has 1 aromatic rings. The molecule has 1 heterocycles. The van der Waals surface area contributed by atoms with Crippen molar-refractivity contribution < 1.29 is 9.90 Å². The third-order valence-corrected chi connectivity index (χ3v) is 4.60. The zero-order valence-corrected chi connectivity index (χ0v) is 11.3. The Balaban J connectivity index is 2.05. The Kier molecular flexibility index (Phi) is 4.72. The Morgan fingerprint density at radius 1 is 1.33 bits per heavy atom. The number of carboxylic acids is 1. The summed E-state index contributed by atoms with van der Waals surface area (Å²) in [5, 5.41) is 11.7. The summed E-state index contributed by atoms with van der Waals surface area (Å²) in [7, 11) is 0. The summed E-state index contributed by atoms with van der Waals surface area (Å²) in [4.78, 5) is 15.3. The van der Waals surface area contributed by atoms with E-state index in [-0.39, 0.29) is 0 Å². The van der Waals surface area contributed by atoms with Gasteiger partial charge in [0.1, 0.15) is 6.04 Å². The van der Waals surface area contributed by atoms with Crippen LogP contribution in [0, 0.1) is 0 Å². The number of nitrogens with two attached hydrogens (primary N) is 1. The number of rotatable bonds is 3. The first-order valence-corrected chi connectivity index (χ1v) is 7.50. The fraction of sp³-hybridized carbons (Fsp3) is 0.692. The number of hydrogen-bond acceptors (Lipinski definition) is 4. The number of carboxylic acid groups (broad SMARTS) is 1. The van der Waals surface area contributed by atoms with Crippen LogP contribution in [0.5, 0.6) is 0 Å². The van der Waals surface area contributed by atoms with Gasteiger partial charge < -0.3 is 10.8 Å². The van der Waals surface area contributed by atoms with Gasteiger partial charge in [0.05, 0.1) is 10.7 Å².